The molecule has 0 aromatic heterocycles. The third kappa shape index (κ3) is 2.50. The van der Waals surface area contributed by atoms with Crippen molar-refractivity contribution in [2.45, 2.75) is 58.3 Å². The predicted octanol–water partition coefficient (Wildman–Crippen LogP) is 2.10. The quantitative estimate of drug-likeness (QED) is 0.530. The van der Waals surface area contributed by atoms with E-state index in [4.69, 9.17) is 5.26 Å². The molecule has 16 heavy (non-hydrogen) atoms. The van der Waals surface area contributed by atoms with E-state index in [0.29, 0.717) is 0 Å². The summed E-state index contributed by atoms with van der Waals surface area (Å²) in [6.45, 7) is 6.84. The molecule has 1 heterocycles. The highest BCUT2D eigenvalue weighted by Gasteiger charge is 2.33. The number of rotatable bonds is 5. The first-order valence-electron chi connectivity index (χ1n) is 5.92. The molecule has 0 aromatic rings. The molecule has 1 saturated heterocycles. The molecule has 0 spiro atoms. The smallest absolute Gasteiger partial charge is 0.101 e. The van der Waals surface area contributed by atoms with Crippen LogP contribution in [0.5, 0.6) is 0 Å². The molecule has 3 atom stereocenters. The lowest BCUT2D eigenvalue weighted by Crippen LogP contribution is -2.48. The lowest BCUT2D eigenvalue weighted by atomic mass is 10.2. The van der Waals surface area contributed by atoms with E-state index in [9.17, 15) is 4.91 Å². The van der Waals surface area contributed by atoms with Gasteiger partial charge in [-0.25, -0.2) is 5.01 Å². The summed E-state index contributed by atoms with van der Waals surface area (Å²) in [5, 5.41) is 13.7. The fraction of sp³-hybridized carbons (Fsp3) is 0.909. The van der Waals surface area contributed by atoms with Crippen molar-refractivity contribution >= 4 is 0 Å². The number of hydrogen-bond donors (Lipinski definition) is 0. The summed E-state index contributed by atoms with van der Waals surface area (Å²) in [6, 6.07) is 2.34. The molecule has 1 fully saturated rings. The normalized spacial score (nSPS) is 24.8. The van der Waals surface area contributed by atoms with E-state index in [1.54, 1.807) is 5.01 Å². The molecule has 0 aliphatic carbocycles. The largest absolute Gasteiger partial charge is 0.266 e. The van der Waals surface area contributed by atoms with Gasteiger partial charge >= 0.3 is 0 Å². The molecule has 0 amide bonds. The standard InChI is InChI=1S/C11H20N4O/c1-4-9(2)15(13-16)10(3)14-7-5-6-11(14)8-12/h9-11H,4-7H2,1-3H3. The molecule has 0 saturated carbocycles. The van der Waals surface area contributed by atoms with Gasteiger partial charge in [-0.1, -0.05) is 6.92 Å². The molecule has 0 aromatic carbocycles. The zero-order chi connectivity index (χ0) is 12.1. The average Bonchev–Trinajstić information content (AvgIpc) is 2.77. The summed E-state index contributed by atoms with van der Waals surface area (Å²) < 4.78 is 0. The Morgan fingerprint density at radius 1 is 1.62 bits per heavy atom. The van der Waals surface area contributed by atoms with Crippen molar-refractivity contribution in [2.75, 3.05) is 6.54 Å². The molecule has 0 N–H and O–H groups in total. The third-order valence-corrected chi connectivity index (χ3v) is 3.44. The van der Waals surface area contributed by atoms with Gasteiger partial charge in [-0.2, -0.15) is 5.26 Å². The average molecular weight is 224 g/mol. The van der Waals surface area contributed by atoms with E-state index >= 15 is 0 Å². The fourth-order valence-electron chi connectivity index (χ4n) is 2.23. The summed E-state index contributed by atoms with van der Waals surface area (Å²) in [7, 11) is 0. The number of hydrogen-bond acceptors (Lipinski definition) is 4. The van der Waals surface area contributed by atoms with E-state index < -0.39 is 0 Å². The number of nitroso groups, excluding NO2 is 1. The van der Waals surface area contributed by atoms with Crippen molar-refractivity contribution in [1.82, 2.24) is 9.91 Å². The summed E-state index contributed by atoms with van der Waals surface area (Å²) in [4.78, 5) is 12.9. The predicted molar refractivity (Wildman–Crippen MR) is 62.2 cm³/mol. The second kappa shape index (κ2) is 5.80. The molecule has 5 heteroatoms. The lowest BCUT2D eigenvalue weighted by Gasteiger charge is -2.35. The first-order valence-corrected chi connectivity index (χ1v) is 5.92. The number of likely N-dealkylation sites (tertiary alicyclic amines) is 1. The van der Waals surface area contributed by atoms with Crippen molar-refractivity contribution in [3.63, 3.8) is 0 Å². The summed E-state index contributed by atoms with van der Waals surface area (Å²) in [5.74, 6) is 0. The second-order valence-corrected chi connectivity index (χ2v) is 4.38. The first kappa shape index (κ1) is 12.9. The van der Waals surface area contributed by atoms with Gasteiger partial charge in [-0.05, 0) is 33.1 Å². The van der Waals surface area contributed by atoms with Crippen molar-refractivity contribution < 1.29 is 0 Å². The Morgan fingerprint density at radius 3 is 2.81 bits per heavy atom. The fourth-order valence-corrected chi connectivity index (χ4v) is 2.23. The Hall–Kier alpha value is -1.15. The molecular formula is C11H20N4O. The van der Waals surface area contributed by atoms with E-state index in [1.165, 1.54) is 0 Å². The van der Waals surface area contributed by atoms with E-state index in [2.05, 4.69) is 16.3 Å². The lowest BCUT2D eigenvalue weighted by molar-refractivity contribution is 0.0296. The topological polar surface area (TPSA) is 59.7 Å². The van der Waals surface area contributed by atoms with E-state index in [-0.39, 0.29) is 18.2 Å². The summed E-state index contributed by atoms with van der Waals surface area (Å²) >= 11 is 0. The SMILES string of the molecule is CCC(C)N(N=O)C(C)N1CCCC1C#N. The minimum atomic E-state index is -0.0837. The molecule has 0 bridgehead atoms. The van der Waals surface area contributed by atoms with Crippen LogP contribution in [0, 0.1) is 16.2 Å². The monoisotopic (exact) mass is 224 g/mol. The van der Waals surface area contributed by atoms with Gasteiger partial charge in [0, 0.05) is 12.6 Å². The molecular weight excluding hydrogens is 204 g/mol. The molecule has 90 valence electrons. The maximum atomic E-state index is 10.9. The van der Waals surface area contributed by atoms with Crippen molar-refractivity contribution in [3.05, 3.63) is 4.91 Å². The zero-order valence-electron chi connectivity index (χ0n) is 10.3. The van der Waals surface area contributed by atoms with Gasteiger partial charge < -0.3 is 0 Å². The van der Waals surface area contributed by atoms with Crippen LogP contribution in [0.1, 0.15) is 40.0 Å². The van der Waals surface area contributed by atoms with Crippen LogP contribution >= 0.6 is 0 Å². The van der Waals surface area contributed by atoms with Crippen LogP contribution in [-0.4, -0.2) is 34.7 Å². The van der Waals surface area contributed by atoms with Crippen molar-refractivity contribution in [1.29, 1.82) is 5.26 Å². The Labute approximate surface area is 97.0 Å². The van der Waals surface area contributed by atoms with Gasteiger partial charge in [-0.15, -0.1) is 4.91 Å². The Balaban J connectivity index is 2.71. The van der Waals surface area contributed by atoms with Crippen LogP contribution in [0.4, 0.5) is 0 Å². The second-order valence-electron chi connectivity index (χ2n) is 4.38. The highest BCUT2D eigenvalue weighted by Crippen LogP contribution is 2.23. The summed E-state index contributed by atoms with van der Waals surface area (Å²) in [6.07, 6.45) is 2.71. The molecule has 3 unspecified atom stereocenters. The third-order valence-electron chi connectivity index (χ3n) is 3.44. The van der Waals surface area contributed by atoms with Gasteiger partial charge in [-0.3, -0.25) is 4.90 Å². The van der Waals surface area contributed by atoms with Crippen LogP contribution < -0.4 is 0 Å². The van der Waals surface area contributed by atoms with Crippen LogP contribution in [0.2, 0.25) is 0 Å². The molecule has 1 aliphatic rings. The highest BCUT2D eigenvalue weighted by molar-refractivity contribution is 4.97. The van der Waals surface area contributed by atoms with Gasteiger partial charge in [0.25, 0.3) is 0 Å². The van der Waals surface area contributed by atoms with Crippen LogP contribution in [-0.2, 0) is 0 Å². The number of nitrogens with zero attached hydrogens (tertiary/aromatic N) is 4. The number of nitriles is 1. The maximum absolute atomic E-state index is 10.9. The molecule has 1 aliphatic heterocycles. The summed E-state index contributed by atoms with van der Waals surface area (Å²) in [5.41, 5.74) is 0. The van der Waals surface area contributed by atoms with Crippen molar-refractivity contribution in [3.8, 4) is 6.07 Å². The van der Waals surface area contributed by atoms with E-state index in [0.717, 1.165) is 25.8 Å². The van der Waals surface area contributed by atoms with Gasteiger partial charge in [0.1, 0.15) is 6.17 Å². The van der Waals surface area contributed by atoms with Crippen LogP contribution in [0.15, 0.2) is 5.29 Å². The molecule has 0 radical (unpaired) electrons. The minimum Gasteiger partial charge on any atom is -0.266 e. The maximum Gasteiger partial charge on any atom is 0.101 e. The van der Waals surface area contributed by atoms with E-state index in [1.807, 2.05) is 20.8 Å². The van der Waals surface area contributed by atoms with Crippen molar-refractivity contribution in [2.24, 2.45) is 5.29 Å². The first-order chi connectivity index (χ1) is 7.65. The van der Waals surface area contributed by atoms with Gasteiger partial charge in [0.15, 0.2) is 0 Å². The van der Waals surface area contributed by atoms with Crippen LogP contribution in [0.3, 0.4) is 0 Å². The van der Waals surface area contributed by atoms with Crippen LogP contribution in [0.25, 0.3) is 0 Å². The molecule has 1 rings (SSSR count). The van der Waals surface area contributed by atoms with Gasteiger partial charge in [0.05, 0.1) is 17.4 Å². The Morgan fingerprint density at radius 2 is 2.31 bits per heavy atom. The Kier molecular flexibility index (Phi) is 4.69. The zero-order valence-corrected chi connectivity index (χ0v) is 10.3. The Bertz CT molecular complexity index is 276. The minimum absolute atomic E-state index is 0.0664. The van der Waals surface area contributed by atoms with Gasteiger partial charge in [0.2, 0.25) is 0 Å². The highest BCUT2D eigenvalue weighted by atomic mass is 16.3. The molecule has 5 nitrogen and oxygen atoms in total.